The van der Waals surface area contributed by atoms with Crippen LogP contribution in [0.4, 0.5) is 0 Å². The van der Waals surface area contributed by atoms with Gasteiger partial charge in [0.2, 0.25) is 0 Å². The average Bonchev–Trinajstić information content (AvgIpc) is 3.08. The molecule has 0 radical (unpaired) electrons. The van der Waals surface area contributed by atoms with Gasteiger partial charge >= 0.3 is 0 Å². The summed E-state index contributed by atoms with van der Waals surface area (Å²) in [6, 6.07) is 0. The van der Waals surface area contributed by atoms with Gasteiger partial charge in [0.25, 0.3) is 0 Å². The molecule has 3 atom stereocenters. The topological polar surface area (TPSA) is 42.6 Å². The zero-order valence-corrected chi connectivity index (χ0v) is 16.4. The van der Waals surface area contributed by atoms with Crippen LogP contribution in [0, 0.1) is 17.8 Å². The van der Waals surface area contributed by atoms with Crippen molar-refractivity contribution in [2.24, 2.45) is 29.8 Å². The van der Waals surface area contributed by atoms with Gasteiger partial charge in [0.15, 0.2) is 0 Å². The third-order valence-electron chi connectivity index (χ3n) is 6.75. The van der Waals surface area contributed by atoms with Gasteiger partial charge in [-0.25, -0.2) is 4.98 Å². The number of aryl methyl sites for hydroxylation is 1. The lowest BCUT2D eigenvalue weighted by molar-refractivity contribution is 0.0399. The highest BCUT2D eigenvalue weighted by atomic mass is 16.5. The minimum Gasteiger partial charge on any atom is -0.381 e. The first-order valence-electron chi connectivity index (χ1n) is 10.2. The van der Waals surface area contributed by atoms with E-state index in [9.17, 15) is 0 Å². The SMILES string of the molecule is CC[C@H]1C[C@@H](C2CCOCC2)CC=C1N(C)C1Cc2c(ncn2C)C=N1. The molecule has 1 saturated heterocycles. The summed E-state index contributed by atoms with van der Waals surface area (Å²) in [6.07, 6.45) is 13.7. The highest BCUT2D eigenvalue weighted by molar-refractivity contribution is 5.79. The van der Waals surface area contributed by atoms with Gasteiger partial charge in [-0.2, -0.15) is 0 Å². The molecule has 1 fully saturated rings. The maximum Gasteiger partial charge on any atom is 0.126 e. The number of likely N-dealkylation sites (N-methyl/N-ethyl adjacent to an activating group) is 1. The van der Waals surface area contributed by atoms with Gasteiger partial charge < -0.3 is 14.2 Å². The lowest BCUT2D eigenvalue weighted by atomic mass is 9.73. The number of aliphatic imine (C=N–C) groups is 1. The Bertz CT molecular complexity index is 686. The van der Waals surface area contributed by atoms with E-state index in [0.29, 0.717) is 5.92 Å². The smallest absolute Gasteiger partial charge is 0.126 e. The van der Waals surface area contributed by atoms with Crippen LogP contribution in [0.2, 0.25) is 0 Å². The first-order valence-corrected chi connectivity index (χ1v) is 10.2. The van der Waals surface area contributed by atoms with Crippen LogP contribution in [-0.2, 0) is 18.2 Å². The van der Waals surface area contributed by atoms with Crippen molar-refractivity contribution in [1.29, 1.82) is 0 Å². The Morgan fingerprint density at radius 1 is 1.27 bits per heavy atom. The second-order valence-electron chi connectivity index (χ2n) is 8.18. The number of imidazole rings is 1. The van der Waals surface area contributed by atoms with Crippen molar-refractivity contribution >= 4 is 6.21 Å². The minimum absolute atomic E-state index is 0.192. The maximum atomic E-state index is 5.57. The van der Waals surface area contributed by atoms with Crippen molar-refractivity contribution in [2.75, 3.05) is 20.3 Å². The Kier molecular flexibility index (Phi) is 5.16. The molecule has 1 unspecified atom stereocenters. The van der Waals surface area contributed by atoms with Crippen molar-refractivity contribution < 1.29 is 4.74 Å². The molecule has 1 aliphatic carbocycles. The number of hydrogen-bond donors (Lipinski definition) is 0. The maximum absolute atomic E-state index is 5.57. The Labute approximate surface area is 157 Å². The third-order valence-corrected chi connectivity index (χ3v) is 6.75. The molecule has 3 aliphatic rings. The standard InChI is InChI=1S/C21H32N4O/c1-4-15-11-17(16-7-9-26-10-8-16)5-6-19(15)25(3)21-12-20-18(13-22-21)23-14-24(20)2/h6,13-17,21H,4-5,7-12H2,1-3H3/t15-,17-,21?/m0/s1. The van der Waals surface area contributed by atoms with Crippen LogP contribution in [0.15, 0.2) is 23.1 Å². The van der Waals surface area contributed by atoms with Gasteiger partial charge in [-0.05, 0) is 49.9 Å². The largest absolute Gasteiger partial charge is 0.381 e. The van der Waals surface area contributed by atoms with Crippen molar-refractivity contribution in [2.45, 2.75) is 51.6 Å². The van der Waals surface area contributed by atoms with Crippen LogP contribution < -0.4 is 0 Å². The van der Waals surface area contributed by atoms with Gasteiger partial charge in [0.05, 0.1) is 12.5 Å². The molecule has 0 bridgehead atoms. The zero-order valence-electron chi connectivity index (χ0n) is 16.4. The van der Waals surface area contributed by atoms with E-state index in [1.165, 1.54) is 43.5 Å². The molecule has 26 heavy (non-hydrogen) atoms. The monoisotopic (exact) mass is 356 g/mol. The van der Waals surface area contributed by atoms with Crippen LogP contribution in [0.25, 0.3) is 0 Å². The number of fused-ring (bicyclic) bond motifs is 1. The highest BCUT2D eigenvalue weighted by Crippen LogP contribution is 2.40. The van der Waals surface area contributed by atoms with Gasteiger partial charge in [-0.15, -0.1) is 0 Å². The number of aromatic nitrogens is 2. The van der Waals surface area contributed by atoms with E-state index in [0.717, 1.165) is 37.2 Å². The summed E-state index contributed by atoms with van der Waals surface area (Å²) in [5.41, 5.74) is 3.83. The van der Waals surface area contributed by atoms with Crippen LogP contribution in [0.1, 0.15) is 50.4 Å². The number of hydrogen-bond acceptors (Lipinski definition) is 4. The van der Waals surface area contributed by atoms with E-state index in [1.54, 1.807) is 0 Å². The fraction of sp³-hybridized carbons (Fsp3) is 0.714. The van der Waals surface area contributed by atoms with Gasteiger partial charge in [0.1, 0.15) is 11.9 Å². The highest BCUT2D eigenvalue weighted by Gasteiger charge is 2.33. The van der Waals surface area contributed by atoms with Crippen LogP contribution >= 0.6 is 0 Å². The van der Waals surface area contributed by atoms with E-state index in [4.69, 9.17) is 9.73 Å². The molecule has 2 aliphatic heterocycles. The van der Waals surface area contributed by atoms with E-state index in [-0.39, 0.29) is 6.17 Å². The first kappa shape index (κ1) is 17.8. The molecule has 0 spiro atoms. The molecule has 142 valence electrons. The third kappa shape index (κ3) is 3.34. The van der Waals surface area contributed by atoms with E-state index < -0.39 is 0 Å². The number of allylic oxidation sites excluding steroid dienone is 2. The molecule has 1 aromatic heterocycles. The molecule has 3 heterocycles. The van der Waals surface area contributed by atoms with E-state index in [2.05, 4.69) is 41.5 Å². The Balaban J connectivity index is 1.47. The van der Waals surface area contributed by atoms with Crippen molar-refractivity contribution in [1.82, 2.24) is 14.5 Å². The summed E-state index contributed by atoms with van der Waals surface area (Å²) in [6.45, 7) is 4.25. The fourth-order valence-corrected chi connectivity index (χ4v) is 5.02. The number of rotatable bonds is 4. The van der Waals surface area contributed by atoms with Crippen molar-refractivity contribution in [3.63, 3.8) is 0 Å². The Hall–Kier alpha value is -1.62. The molecule has 5 nitrogen and oxygen atoms in total. The van der Waals surface area contributed by atoms with Gasteiger partial charge in [0, 0.05) is 45.1 Å². The van der Waals surface area contributed by atoms with E-state index >= 15 is 0 Å². The van der Waals surface area contributed by atoms with Crippen LogP contribution in [0.3, 0.4) is 0 Å². The van der Waals surface area contributed by atoms with Gasteiger partial charge in [-0.3, -0.25) is 4.99 Å². The summed E-state index contributed by atoms with van der Waals surface area (Å²) >= 11 is 0. The second-order valence-corrected chi connectivity index (χ2v) is 8.18. The molecule has 0 aromatic carbocycles. The van der Waals surface area contributed by atoms with Crippen LogP contribution in [-0.4, -0.2) is 47.1 Å². The summed E-state index contributed by atoms with van der Waals surface area (Å²) in [5, 5.41) is 0. The van der Waals surface area contributed by atoms with Gasteiger partial charge in [-0.1, -0.05) is 13.0 Å². The molecule has 1 aromatic rings. The minimum atomic E-state index is 0.192. The molecular weight excluding hydrogens is 324 g/mol. The zero-order chi connectivity index (χ0) is 18.1. The lowest BCUT2D eigenvalue weighted by Gasteiger charge is -2.41. The van der Waals surface area contributed by atoms with Crippen LogP contribution in [0.5, 0.6) is 0 Å². The molecule has 0 amide bonds. The molecule has 0 N–H and O–H groups in total. The predicted octanol–water partition coefficient (Wildman–Crippen LogP) is 3.40. The number of nitrogens with zero attached hydrogens (tertiary/aromatic N) is 4. The second kappa shape index (κ2) is 7.55. The quantitative estimate of drug-likeness (QED) is 0.830. The fourth-order valence-electron chi connectivity index (χ4n) is 5.02. The number of ether oxygens (including phenoxy) is 1. The lowest BCUT2D eigenvalue weighted by Crippen LogP contribution is -2.38. The normalized spacial score (nSPS) is 29.3. The van der Waals surface area contributed by atoms with Crippen molar-refractivity contribution in [3.05, 3.63) is 29.5 Å². The van der Waals surface area contributed by atoms with E-state index in [1.807, 2.05) is 12.5 Å². The Morgan fingerprint density at radius 3 is 2.85 bits per heavy atom. The first-order chi connectivity index (χ1) is 12.7. The summed E-state index contributed by atoms with van der Waals surface area (Å²) in [5.74, 6) is 2.34. The van der Waals surface area contributed by atoms with Crippen molar-refractivity contribution in [3.8, 4) is 0 Å². The molecular formula is C21H32N4O. The summed E-state index contributed by atoms with van der Waals surface area (Å²) < 4.78 is 7.70. The average molecular weight is 357 g/mol. The summed E-state index contributed by atoms with van der Waals surface area (Å²) in [7, 11) is 4.31. The Morgan fingerprint density at radius 2 is 2.08 bits per heavy atom. The predicted molar refractivity (Wildman–Crippen MR) is 104 cm³/mol. The molecule has 5 heteroatoms. The molecule has 0 saturated carbocycles. The summed E-state index contributed by atoms with van der Waals surface area (Å²) in [4.78, 5) is 11.7. The molecule has 4 rings (SSSR count).